The van der Waals surface area contributed by atoms with E-state index in [9.17, 15) is 0 Å². The monoisotopic (exact) mass is 176 g/mol. The molecule has 0 nitrogen and oxygen atoms in total. The molecule has 0 saturated heterocycles. The Morgan fingerprint density at radius 3 is 1.18 bits per heavy atom. The number of hydrogen-bond donors (Lipinski definition) is 0. The molecule has 70 valence electrons. The topological polar surface area (TPSA) is 0 Å². The summed E-state index contributed by atoms with van der Waals surface area (Å²) in [7, 11) is 0. The van der Waals surface area contributed by atoms with Gasteiger partial charge in [-0.2, -0.15) is 9.90 Å². The van der Waals surface area contributed by atoms with Gasteiger partial charge in [-0.1, -0.05) is 59.4 Å². The zero-order valence-corrected chi connectivity index (χ0v) is 9.14. The van der Waals surface area contributed by atoms with Crippen LogP contribution in [-0.2, 0) is 0 Å². The Morgan fingerprint density at radius 2 is 1.09 bits per heavy atom. The highest BCUT2D eigenvalue weighted by molar-refractivity contribution is 6.92. The molecule has 0 spiro atoms. The van der Waals surface area contributed by atoms with Crippen LogP contribution < -0.4 is 0 Å². The molecule has 0 aromatic rings. The van der Waals surface area contributed by atoms with Crippen LogP contribution in [0, 0.1) is 0 Å². The molecule has 0 bridgehead atoms. The first kappa shape index (κ1) is 22.4. The summed E-state index contributed by atoms with van der Waals surface area (Å²) in [5.41, 5.74) is 0. The smallest absolute Gasteiger partial charge is 0.0163 e. The lowest BCUT2D eigenvalue weighted by atomic mass is 10.5. The Kier molecular flexibility index (Phi) is 66.6. The van der Waals surface area contributed by atoms with Crippen molar-refractivity contribution in [3.63, 3.8) is 0 Å². The fourth-order valence-electron chi connectivity index (χ4n) is 0.393. The Hall–Kier alpha value is -0.0900. The molecule has 1 aliphatic rings. The first-order valence-corrected chi connectivity index (χ1v) is 3.82. The SMILES string of the molecule is C.C1=CCC=C1.CC.CC.P. The van der Waals surface area contributed by atoms with E-state index in [1.165, 1.54) is 0 Å². The van der Waals surface area contributed by atoms with Gasteiger partial charge in [0, 0.05) is 0 Å². The van der Waals surface area contributed by atoms with Gasteiger partial charge in [0.2, 0.25) is 0 Å². The van der Waals surface area contributed by atoms with Gasteiger partial charge in [-0.05, 0) is 6.42 Å². The van der Waals surface area contributed by atoms with Gasteiger partial charge in [-0.15, -0.1) is 0 Å². The normalized spacial score (nSPS) is 9.09. The van der Waals surface area contributed by atoms with Crippen molar-refractivity contribution in [1.29, 1.82) is 0 Å². The van der Waals surface area contributed by atoms with Gasteiger partial charge in [0.15, 0.2) is 0 Å². The molecule has 0 saturated carbocycles. The third kappa shape index (κ3) is 25.7. The minimum absolute atomic E-state index is 0. The largest absolute Gasteiger partial charge is 0.153 e. The first-order chi connectivity index (χ1) is 4.50. The summed E-state index contributed by atoms with van der Waals surface area (Å²) in [4.78, 5) is 0. The predicted molar refractivity (Wildman–Crippen MR) is 63.4 cm³/mol. The highest BCUT2D eigenvalue weighted by Crippen LogP contribution is 1.93. The van der Waals surface area contributed by atoms with Crippen LogP contribution in [0.4, 0.5) is 0 Å². The van der Waals surface area contributed by atoms with E-state index in [0.717, 1.165) is 6.42 Å². The highest BCUT2D eigenvalue weighted by atomic mass is 31.0. The van der Waals surface area contributed by atoms with Crippen molar-refractivity contribution in [3.8, 4) is 0 Å². The summed E-state index contributed by atoms with van der Waals surface area (Å²) in [6, 6.07) is 0. The molecule has 0 radical (unpaired) electrons. The average Bonchev–Trinajstić information content (AvgIpc) is 2.51. The molecule has 0 aromatic carbocycles. The van der Waals surface area contributed by atoms with Crippen molar-refractivity contribution in [2.45, 2.75) is 41.5 Å². The fraction of sp³-hybridized carbons (Fsp3) is 0.600. The average molecular weight is 176 g/mol. The van der Waals surface area contributed by atoms with Crippen molar-refractivity contribution < 1.29 is 0 Å². The summed E-state index contributed by atoms with van der Waals surface area (Å²) in [6.07, 6.45) is 9.50. The van der Waals surface area contributed by atoms with Gasteiger partial charge in [0.25, 0.3) is 0 Å². The third-order valence-corrected chi connectivity index (χ3v) is 0.655. The van der Waals surface area contributed by atoms with Crippen molar-refractivity contribution >= 4 is 9.90 Å². The molecule has 1 unspecified atom stereocenters. The van der Waals surface area contributed by atoms with Crippen LogP contribution in [0.1, 0.15) is 41.5 Å². The standard InChI is InChI=1S/C5H6.2C2H6.CH4.H3P/c1-2-4-5-3-1;2*1-2;;/h1-4H,5H2;2*1-2H3;1H4;1H3. The third-order valence-electron chi connectivity index (χ3n) is 0.655. The van der Waals surface area contributed by atoms with E-state index in [4.69, 9.17) is 0 Å². The summed E-state index contributed by atoms with van der Waals surface area (Å²) in [5, 5.41) is 0. The fourth-order valence-corrected chi connectivity index (χ4v) is 0.393. The van der Waals surface area contributed by atoms with E-state index in [0.29, 0.717) is 0 Å². The molecule has 11 heavy (non-hydrogen) atoms. The van der Waals surface area contributed by atoms with E-state index in [-0.39, 0.29) is 17.3 Å². The van der Waals surface area contributed by atoms with Gasteiger partial charge in [0.1, 0.15) is 0 Å². The summed E-state index contributed by atoms with van der Waals surface area (Å²) in [6.45, 7) is 8.00. The molecular formula is C10H25P. The van der Waals surface area contributed by atoms with E-state index in [1.54, 1.807) is 0 Å². The molecule has 1 atom stereocenters. The van der Waals surface area contributed by atoms with Crippen molar-refractivity contribution in [2.75, 3.05) is 0 Å². The van der Waals surface area contributed by atoms with Crippen molar-refractivity contribution in [2.24, 2.45) is 0 Å². The molecular weight excluding hydrogens is 151 g/mol. The van der Waals surface area contributed by atoms with Crippen LogP contribution in [0.25, 0.3) is 0 Å². The van der Waals surface area contributed by atoms with E-state index in [1.807, 2.05) is 27.7 Å². The van der Waals surface area contributed by atoms with Gasteiger partial charge in [-0.25, -0.2) is 0 Å². The molecule has 0 fully saturated rings. The second kappa shape index (κ2) is 32.6. The minimum Gasteiger partial charge on any atom is -0.153 e. The second-order valence-electron chi connectivity index (χ2n) is 1.09. The van der Waals surface area contributed by atoms with Gasteiger partial charge >= 0.3 is 0 Å². The van der Waals surface area contributed by atoms with E-state index >= 15 is 0 Å². The van der Waals surface area contributed by atoms with Gasteiger partial charge < -0.3 is 0 Å². The number of rotatable bonds is 0. The molecule has 1 heteroatoms. The maximum atomic E-state index is 2.12. The van der Waals surface area contributed by atoms with Gasteiger partial charge in [0.05, 0.1) is 0 Å². The molecule has 0 aromatic heterocycles. The molecule has 0 heterocycles. The number of hydrogen-bond acceptors (Lipinski definition) is 0. The summed E-state index contributed by atoms with van der Waals surface area (Å²) in [5.74, 6) is 0. The van der Waals surface area contributed by atoms with Crippen LogP contribution >= 0.6 is 9.90 Å². The number of allylic oxidation sites excluding steroid dienone is 4. The van der Waals surface area contributed by atoms with E-state index < -0.39 is 0 Å². The second-order valence-corrected chi connectivity index (χ2v) is 1.09. The lowest BCUT2D eigenvalue weighted by molar-refractivity contribution is 1.45. The molecule has 1 rings (SSSR count). The van der Waals surface area contributed by atoms with Crippen LogP contribution in [0.2, 0.25) is 0 Å². The van der Waals surface area contributed by atoms with Crippen molar-refractivity contribution in [1.82, 2.24) is 0 Å². The molecule has 1 aliphatic carbocycles. The highest BCUT2D eigenvalue weighted by Gasteiger charge is 1.72. The zero-order valence-electron chi connectivity index (χ0n) is 7.72. The zero-order chi connectivity index (χ0) is 7.54. The van der Waals surface area contributed by atoms with Crippen LogP contribution in [0.3, 0.4) is 0 Å². The molecule has 0 aliphatic heterocycles. The minimum atomic E-state index is 0. The van der Waals surface area contributed by atoms with Crippen molar-refractivity contribution in [3.05, 3.63) is 24.3 Å². The molecule has 0 amide bonds. The maximum Gasteiger partial charge on any atom is -0.0163 e. The summed E-state index contributed by atoms with van der Waals surface area (Å²) >= 11 is 0. The van der Waals surface area contributed by atoms with Crippen LogP contribution in [0.5, 0.6) is 0 Å². The predicted octanol–water partition coefficient (Wildman–Crippen LogP) is 4.25. The Balaban J connectivity index is -0.0000000369. The summed E-state index contributed by atoms with van der Waals surface area (Å²) < 4.78 is 0. The van der Waals surface area contributed by atoms with Gasteiger partial charge in [-0.3, -0.25) is 0 Å². The lowest BCUT2D eigenvalue weighted by Gasteiger charge is -1.57. The van der Waals surface area contributed by atoms with Crippen LogP contribution in [0.15, 0.2) is 24.3 Å². The molecule has 0 N–H and O–H groups in total. The Morgan fingerprint density at radius 1 is 0.818 bits per heavy atom. The Bertz CT molecular complexity index is 62.9. The van der Waals surface area contributed by atoms with E-state index in [2.05, 4.69) is 24.3 Å². The quantitative estimate of drug-likeness (QED) is 0.484. The lowest BCUT2D eigenvalue weighted by Crippen LogP contribution is -1.37. The first-order valence-electron chi connectivity index (χ1n) is 3.82. The maximum absolute atomic E-state index is 2.12. The van der Waals surface area contributed by atoms with Crippen LogP contribution in [-0.4, -0.2) is 0 Å². The Labute approximate surface area is 76.4 Å².